The summed E-state index contributed by atoms with van der Waals surface area (Å²) in [5.41, 5.74) is 5.02. The van der Waals surface area contributed by atoms with Gasteiger partial charge in [0.05, 0.1) is 22.7 Å². The van der Waals surface area contributed by atoms with Crippen molar-refractivity contribution in [3.05, 3.63) is 47.7 Å². The Morgan fingerprint density at radius 1 is 1.05 bits per heavy atom. The predicted molar refractivity (Wildman–Crippen MR) is 164 cm³/mol. The predicted octanol–water partition coefficient (Wildman–Crippen LogP) is 3.40. The third kappa shape index (κ3) is 7.08. The number of aliphatic hydroxyl groups excluding tert-OH is 1. The Morgan fingerprint density at radius 3 is 2.53 bits per heavy atom. The maximum atomic E-state index is 13.9. The lowest BCUT2D eigenvalue weighted by Crippen LogP contribution is -2.60. The van der Waals surface area contributed by atoms with Gasteiger partial charge in [0.1, 0.15) is 6.04 Å². The van der Waals surface area contributed by atoms with Crippen molar-refractivity contribution in [1.82, 2.24) is 26.1 Å². The summed E-state index contributed by atoms with van der Waals surface area (Å²) in [6, 6.07) is 9.36. The van der Waals surface area contributed by atoms with Gasteiger partial charge in [0.25, 0.3) is 11.8 Å². The molecule has 5 rings (SSSR count). The molecular formula is C33H45N5O5. The lowest BCUT2D eigenvalue weighted by Gasteiger charge is -2.37. The zero-order chi connectivity index (χ0) is 30.7. The van der Waals surface area contributed by atoms with Gasteiger partial charge in [-0.1, -0.05) is 44.2 Å². The van der Waals surface area contributed by atoms with Gasteiger partial charge < -0.3 is 20.5 Å². The molecule has 5 bridgehead atoms. The van der Waals surface area contributed by atoms with Crippen molar-refractivity contribution in [2.45, 2.75) is 96.6 Å². The molecule has 10 nitrogen and oxygen atoms in total. The van der Waals surface area contributed by atoms with Crippen LogP contribution in [0, 0.1) is 11.3 Å². The summed E-state index contributed by atoms with van der Waals surface area (Å²) in [4.78, 5) is 45.6. The number of nitrogens with one attached hydrogen (secondary N) is 3. The minimum absolute atomic E-state index is 0.0107. The van der Waals surface area contributed by atoms with Gasteiger partial charge in [0.2, 0.25) is 0 Å². The number of esters is 1. The smallest absolute Gasteiger partial charge is 0.316 e. The molecule has 2 fully saturated rings. The highest BCUT2D eigenvalue weighted by atomic mass is 16.5. The lowest BCUT2D eigenvalue weighted by molar-refractivity contribution is -0.168. The number of rotatable bonds is 1. The number of nitrogens with zero attached hydrogens (tertiary/aromatic N) is 2. The highest BCUT2D eigenvalue weighted by molar-refractivity contribution is 5.91. The zero-order valence-electron chi connectivity index (χ0n) is 25.6. The average molecular weight is 592 g/mol. The van der Waals surface area contributed by atoms with Gasteiger partial charge in [-0.25, -0.2) is 5.43 Å². The molecule has 43 heavy (non-hydrogen) atoms. The zero-order valence-corrected chi connectivity index (χ0v) is 25.6. The van der Waals surface area contributed by atoms with Gasteiger partial charge in [-0.15, -0.1) is 0 Å². The molecule has 1 saturated heterocycles. The number of carbonyl (C=O) groups excluding carboxylic acids is 3. The van der Waals surface area contributed by atoms with Crippen LogP contribution in [-0.4, -0.2) is 70.3 Å². The topological polar surface area (TPSA) is 133 Å². The number of benzene rings is 1. The van der Waals surface area contributed by atoms with Crippen molar-refractivity contribution in [1.29, 1.82) is 0 Å². The molecule has 0 radical (unpaired) electrons. The van der Waals surface area contributed by atoms with Gasteiger partial charge in [0.15, 0.2) is 6.10 Å². The maximum Gasteiger partial charge on any atom is 0.316 e. The molecule has 232 valence electrons. The number of ether oxygens (including phenoxy) is 1. The summed E-state index contributed by atoms with van der Waals surface area (Å²) in [7, 11) is 0. The fourth-order valence-electron chi connectivity index (χ4n) is 6.21. The molecule has 2 amide bonds. The van der Waals surface area contributed by atoms with Crippen molar-refractivity contribution in [3.63, 3.8) is 0 Å². The number of fused-ring (bicyclic) bond motifs is 4. The molecular weight excluding hydrogens is 546 g/mol. The molecule has 2 aromatic rings. The molecule has 4 N–H and O–H groups in total. The first kappa shape index (κ1) is 31.1. The summed E-state index contributed by atoms with van der Waals surface area (Å²) >= 11 is 0. The van der Waals surface area contributed by atoms with Crippen molar-refractivity contribution in [2.75, 3.05) is 13.1 Å². The second-order valence-corrected chi connectivity index (χ2v) is 12.8. The van der Waals surface area contributed by atoms with Crippen molar-refractivity contribution >= 4 is 34.8 Å². The first-order chi connectivity index (χ1) is 20.5. The average Bonchev–Trinajstić information content (AvgIpc) is 3.00. The first-order valence-electron chi connectivity index (χ1n) is 15.6. The minimum atomic E-state index is -1.06. The highest BCUT2D eigenvalue weighted by Gasteiger charge is 2.43. The Bertz CT molecular complexity index is 1370. The van der Waals surface area contributed by atoms with E-state index in [0.29, 0.717) is 38.8 Å². The van der Waals surface area contributed by atoms with Gasteiger partial charge in [-0.05, 0) is 76.0 Å². The van der Waals surface area contributed by atoms with Gasteiger partial charge in [0, 0.05) is 30.6 Å². The Hall–Kier alpha value is -3.34. The van der Waals surface area contributed by atoms with E-state index in [0.717, 1.165) is 35.0 Å². The van der Waals surface area contributed by atoms with E-state index in [4.69, 9.17) is 9.72 Å². The van der Waals surface area contributed by atoms with Crippen molar-refractivity contribution in [2.24, 2.45) is 11.3 Å². The number of amides is 2. The molecule has 4 unspecified atom stereocenters. The summed E-state index contributed by atoms with van der Waals surface area (Å²) < 4.78 is 5.96. The number of carbonyl (C=O) groups is 3. The monoisotopic (exact) mass is 591 g/mol. The second kappa shape index (κ2) is 13.1. The van der Waals surface area contributed by atoms with Crippen LogP contribution in [0.2, 0.25) is 0 Å². The Morgan fingerprint density at radius 2 is 1.79 bits per heavy atom. The third-order valence-electron chi connectivity index (χ3n) is 9.07. The molecule has 1 aromatic heterocycles. The molecule has 4 atom stereocenters. The van der Waals surface area contributed by atoms with Crippen LogP contribution in [0.4, 0.5) is 0 Å². The SMILES string of the molecule is CC1NC(=O)C(C(C)C)OC(=O)C2(/C=C/c3ccc4ccc(nc4c3)C(C)NCC3CCCN(N3)C1=O)CCC(O)CC2. The number of cyclic esters (lactones) is 1. The number of aromatic nitrogens is 1. The van der Waals surface area contributed by atoms with Crippen LogP contribution in [0.3, 0.4) is 0 Å². The van der Waals surface area contributed by atoms with E-state index in [1.54, 1.807) is 11.9 Å². The largest absolute Gasteiger partial charge is 0.451 e. The number of hydrogen-bond acceptors (Lipinski definition) is 8. The quantitative estimate of drug-likeness (QED) is 0.371. The second-order valence-electron chi connectivity index (χ2n) is 12.8. The standard InChI is InChI=1S/C33H45N5O5/c1-20(2)29-30(40)35-22(4)31(41)38-17-5-6-25(37-38)19-34-21(3)27-10-9-24-8-7-23(18-28(24)36-27)11-14-33(32(42)43-29)15-12-26(39)13-16-33/h7-11,14,18,20-22,25-26,29,34,37,39H,5-6,12-13,15-17,19H2,1-4H3,(H,35,40)/b14-11+. The summed E-state index contributed by atoms with van der Waals surface area (Å²) in [5, 5.41) is 19.2. The fraction of sp³-hybridized carbons (Fsp3) is 0.576. The summed E-state index contributed by atoms with van der Waals surface area (Å²) in [6.45, 7) is 8.57. The Balaban J connectivity index is 1.51. The Kier molecular flexibility index (Phi) is 9.48. The van der Waals surface area contributed by atoms with Gasteiger partial charge in [-0.3, -0.25) is 24.4 Å². The molecule has 3 heterocycles. The number of hydrogen-bond donors (Lipinski definition) is 4. The third-order valence-corrected chi connectivity index (χ3v) is 9.07. The van der Waals surface area contributed by atoms with E-state index < -0.39 is 35.5 Å². The number of pyridine rings is 1. The molecule has 1 aliphatic carbocycles. The first-order valence-corrected chi connectivity index (χ1v) is 15.6. The Labute approximate surface area is 253 Å². The van der Waals surface area contributed by atoms with E-state index in [9.17, 15) is 19.5 Å². The van der Waals surface area contributed by atoms with Crippen LogP contribution in [0.15, 0.2) is 36.4 Å². The van der Waals surface area contributed by atoms with Gasteiger partial charge in [-0.2, -0.15) is 0 Å². The van der Waals surface area contributed by atoms with E-state index in [1.807, 2.05) is 50.3 Å². The van der Waals surface area contributed by atoms with Crippen LogP contribution >= 0.6 is 0 Å². The summed E-state index contributed by atoms with van der Waals surface area (Å²) in [5.74, 6) is -1.53. The van der Waals surface area contributed by atoms with Crippen molar-refractivity contribution < 1.29 is 24.2 Å². The molecule has 2 aliphatic heterocycles. The minimum Gasteiger partial charge on any atom is -0.451 e. The maximum absolute atomic E-state index is 13.9. The molecule has 1 spiro atoms. The molecule has 1 saturated carbocycles. The number of aliphatic hydroxyl groups is 1. The number of hydrazine groups is 1. The van der Waals surface area contributed by atoms with E-state index in [1.165, 1.54) is 0 Å². The van der Waals surface area contributed by atoms with Crippen LogP contribution in [0.5, 0.6) is 0 Å². The van der Waals surface area contributed by atoms with Crippen LogP contribution in [-0.2, 0) is 19.1 Å². The van der Waals surface area contributed by atoms with Crippen LogP contribution in [0.25, 0.3) is 17.0 Å². The van der Waals surface area contributed by atoms with Gasteiger partial charge >= 0.3 is 5.97 Å². The van der Waals surface area contributed by atoms with Crippen molar-refractivity contribution in [3.8, 4) is 0 Å². The van der Waals surface area contributed by atoms with Crippen LogP contribution < -0.4 is 16.1 Å². The molecule has 10 heteroatoms. The van der Waals surface area contributed by atoms with Crippen LogP contribution in [0.1, 0.15) is 83.5 Å². The van der Waals surface area contributed by atoms with E-state index in [2.05, 4.69) is 29.0 Å². The highest BCUT2D eigenvalue weighted by Crippen LogP contribution is 2.40. The normalized spacial score (nSPS) is 32.1. The fourth-order valence-corrected chi connectivity index (χ4v) is 6.21. The lowest BCUT2D eigenvalue weighted by atomic mass is 9.72. The molecule has 3 aliphatic rings. The summed E-state index contributed by atoms with van der Waals surface area (Å²) in [6.07, 6.45) is 5.74. The van der Waals surface area contributed by atoms with E-state index in [-0.39, 0.29) is 23.9 Å². The molecule has 1 aromatic carbocycles. The van der Waals surface area contributed by atoms with E-state index >= 15 is 0 Å².